The van der Waals surface area contributed by atoms with Crippen LogP contribution in [-0.2, 0) is 9.53 Å². The molecule has 1 amide bonds. The summed E-state index contributed by atoms with van der Waals surface area (Å²) in [6.07, 6.45) is 1.26. The van der Waals surface area contributed by atoms with Gasteiger partial charge in [-0.15, -0.1) is 0 Å². The zero-order valence-corrected chi connectivity index (χ0v) is 11.6. The molecule has 0 spiro atoms. The Morgan fingerprint density at radius 1 is 1.33 bits per heavy atom. The second-order valence-electron chi connectivity index (χ2n) is 4.34. The van der Waals surface area contributed by atoms with Crippen molar-refractivity contribution in [1.82, 2.24) is 5.32 Å². The van der Waals surface area contributed by atoms with Gasteiger partial charge in [-0.25, -0.2) is 4.79 Å². The lowest BCUT2D eigenvalue weighted by Gasteiger charge is -2.13. The number of halogens is 1. The van der Waals surface area contributed by atoms with Gasteiger partial charge in [0.25, 0.3) is 5.91 Å². The number of hydrogen-bond acceptors (Lipinski definition) is 3. The molecule has 0 heterocycles. The van der Waals surface area contributed by atoms with Crippen molar-refractivity contribution >= 4 is 27.8 Å². The maximum Gasteiger partial charge on any atom is 0.338 e. The van der Waals surface area contributed by atoms with Crippen molar-refractivity contribution in [1.29, 1.82) is 0 Å². The molecule has 0 radical (unpaired) electrons. The van der Waals surface area contributed by atoms with E-state index in [1.165, 1.54) is 0 Å². The molecule has 0 bridgehead atoms. The predicted octanol–water partition coefficient (Wildman–Crippen LogP) is 2.27. The molecule has 0 saturated heterocycles. The van der Waals surface area contributed by atoms with Crippen LogP contribution in [0.4, 0.5) is 0 Å². The third-order valence-electron chi connectivity index (χ3n) is 2.66. The van der Waals surface area contributed by atoms with Crippen LogP contribution >= 0.6 is 15.9 Å². The smallest absolute Gasteiger partial charge is 0.338 e. The van der Waals surface area contributed by atoms with Gasteiger partial charge in [0.05, 0.1) is 5.56 Å². The molecule has 1 aromatic rings. The third-order valence-corrected chi connectivity index (χ3v) is 3.19. The van der Waals surface area contributed by atoms with Crippen LogP contribution in [0.3, 0.4) is 0 Å². The van der Waals surface area contributed by atoms with E-state index in [2.05, 4.69) is 21.2 Å². The Balaban J connectivity index is 1.89. The Morgan fingerprint density at radius 3 is 2.50 bits per heavy atom. The van der Waals surface area contributed by atoms with Gasteiger partial charge in [0.1, 0.15) is 0 Å². The maximum absolute atomic E-state index is 11.8. The fourth-order valence-corrected chi connectivity index (χ4v) is 1.68. The standard InChI is InChI=1S/C13H14BrNO3/c1-8(12(16)15-11-6-7-11)18-13(17)9-2-4-10(14)5-3-9/h2-5,8,11H,6-7H2,1H3,(H,15,16)/t8-/m1/s1. The molecule has 1 atom stereocenters. The normalized spacial score (nSPS) is 15.9. The second kappa shape index (κ2) is 5.52. The summed E-state index contributed by atoms with van der Waals surface area (Å²) in [6.45, 7) is 1.58. The van der Waals surface area contributed by atoms with Crippen LogP contribution in [0, 0.1) is 0 Å². The molecule has 5 heteroatoms. The highest BCUT2D eigenvalue weighted by Gasteiger charge is 2.27. The van der Waals surface area contributed by atoms with Crippen LogP contribution < -0.4 is 5.32 Å². The van der Waals surface area contributed by atoms with Crippen molar-refractivity contribution in [2.24, 2.45) is 0 Å². The molecule has 1 aromatic carbocycles. The molecule has 1 aliphatic rings. The summed E-state index contributed by atoms with van der Waals surface area (Å²) in [5, 5.41) is 2.80. The summed E-state index contributed by atoms with van der Waals surface area (Å²) in [5.41, 5.74) is 0.435. The summed E-state index contributed by atoms with van der Waals surface area (Å²) in [7, 11) is 0. The van der Waals surface area contributed by atoms with Gasteiger partial charge in [-0.05, 0) is 44.0 Å². The number of ether oxygens (including phenoxy) is 1. The molecular formula is C13H14BrNO3. The molecular weight excluding hydrogens is 298 g/mol. The summed E-state index contributed by atoms with van der Waals surface area (Å²) >= 11 is 3.29. The van der Waals surface area contributed by atoms with Crippen molar-refractivity contribution in [2.45, 2.75) is 31.9 Å². The van der Waals surface area contributed by atoms with Crippen LogP contribution in [0.2, 0.25) is 0 Å². The fourth-order valence-electron chi connectivity index (χ4n) is 1.41. The van der Waals surface area contributed by atoms with Crippen molar-refractivity contribution in [3.05, 3.63) is 34.3 Å². The van der Waals surface area contributed by atoms with Crippen molar-refractivity contribution in [3.63, 3.8) is 0 Å². The number of hydrogen-bond donors (Lipinski definition) is 1. The monoisotopic (exact) mass is 311 g/mol. The van der Waals surface area contributed by atoms with Gasteiger partial charge in [-0.1, -0.05) is 15.9 Å². The zero-order chi connectivity index (χ0) is 13.1. The quantitative estimate of drug-likeness (QED) is 0.868. The van der Waals surface area contributed by atoms with E-state index in [0.29, 0.717) is 5.56 Å². The largest absolute Gasteiger partial charge is 0.449 e. The topological polar surface area (TPSA) is 55.4 Å². The zero-order valence-electron chi connectivity index (χ0n) is 9.98. The lowest BCUT2D eigenvalue weighted by atomic mass is 10.2. The van der Waals surface area contributed by atoms with Gasteiger partial charge < -0.3 is 10.1 Å². The summed E-state index contributed by atoms with van der Waals surface area (Å²) in [5.74, 6) is -0.719. The van der Waals surface area contributed by atoms with E-state index in [-0.39, 0.29) is 11.9 Å². The van der Waals surface area contributed by atoms with E-state index in [0.717, 1.165) is 17.3 Å². The Bertz CT molecular complexity index is 454. The van der Waals surface area contributed by atoms with Gasteiger partial charge in [0.15, 0.2) is 6.10 Å². The van der Waals surface area contributed by atoms with Gasteiger partial charge >= 0.3 is 5.97 Å². The van der Waals surface area contributed by atoms with Gasteiger partial charge in [0.2, 0.25) is 0 Å². The van der Waals surface area contributed by atoms with Crippen LogP contribution in [0.5, 0.6) is 0 Å². The molecule has 1 N–H and O–H groups in total. The predicted molar refractivity (Wildman–Crippen MR) is 70.2 cm³/mol. The van der Waals surface area contributed by atoms with Gasteiger partial charge in [-0.3, -0.25) is 4.79 Å². The molecule has 0 unspecified atom stereocenters. The second-order valence-corrected chi connectivity index (χ2v) is 5.25. The molecule has 0 aliphatic heterocycles. The molecule has 1 aliphatic carbocycles. The number of rotatable bonds is 4. The summed E-state index contributed by atoms with van der Waals surface area (Å²) < 4.78 is 5.99. The first-order valence-corrected chi connectivity index (χ1v) is 6.62. The molecule has 96 valence electrons. The molecule has 0 aromatic heterocycles. The van der Waals surface area contributed by atoms with Crippen molar-refractivity contribution in [3.8, 4) is 0 Å². The Kier molecular flexibility index (Phi) is 4.01. The minimum Gasteiger partial charge on any atom is -0.449 e. The van der Waals surface area contributed by atoms with E-state index < -0.39 is 12.1 Å². The first-order chi connectivity index (χ1) is 8.56. The van der Waals surface area contributed by atoms with E-state index in [4.69, 9.17) is 4.74 Å². The number of carbonyl (C=O) groups is 2. The Labute approximate surface area is 114 Å². The Hall–Kier alpha value is -1.36. The SMILES string of the molecule is C[C@@H](OC(=O)c1ccc(Br)cc1)C(=O)NC1CC1. The minimum absolute atomic E-state index is 0.233. The fraction of sp³-hybridized carbons (Fsp3) is 0.385. The maximum atomic E-state index is 11.8. The van der Waals surface area contributed by atoms with Crippen molar-refractivity contribution < 1.29 is 14.3 Å². The van der Waals surface area contributed by atoms with E-state index in [1.807, 2.05) is 0 Å². The van der Waals surface area contributed by atoms with Crippen LogP contribution in [-0.4, -0.2) is 24.0 Å². The molecule has 1 saturated carbocycles. The van der Waals surface area contributed by atoms with Crippen LogP contribution in [0.15, 0.2) is 28.7 Å². The van der Waals surface area contributed by atoms with Crippen LogP contribution in [0.1, 0.15) is 30.1 Å². The molecule has 18 heavy (non-hydrogen) atoms. The van der Waals surface area contributed by atoms with Crippen LogP contribution in [0.25, 0.3) is 0 Å². The first-order valence-electron chi connectivity index (χ1n) is 5.83. The number of nitrogens with one attached hydrogen (secondary N) is 1. The van der Waals surface area contributed by atoms with Gasteiger partial charge in [-0.2, -0.15) is 0 Å². The van der Waals surface area contributed by atoms with E-state index in [1.54, 1.807) is 31.2 Å². The molecule has 2 rings (SSSR count). The van der Waals surface area contributed by atoms with Gasteiger partial charge in [0, 0.05) is 10.5 Å². The number of carbonyl (C=O) groups excluding carboxylic acids is 2. The highest BCUT2D eigenvalue weighted by atomic mass is 79.9. The average molecular weight is 312 g/mol. The number of esters is 1. The molecule has 1 fully saturated rings. The lowest BCUT2D eigenvalue weighted by molar-refractivity contribution is -0.129. The average Bonchev–Trinajstić information content (AvgIpc) is 3.13. The summed E-state index contributed by atoms with van der Waals surface area (Å²) in [4.78, 5) is 23.4. The summed E-state index contributed by atoms with van der Waals surface area (Å²) in [6, 6.07) is 7.08. The highest BCUT2D eigenvalue weighted by Crippen LogP contribution is 2.19. The van der Waals surface area contributed by atoms with E-state index >= 15 is 0 Å². The Morgan fingerprint density at radius 2 is 1.94 bits per heavy atom. The minimum atomic E-state index is -0.762. The number of amides is 1. The molecule has 4 nitrogen and oxygen atoms in total. The highest BCUT2D eigenvalue weighted by molar-refractivity contribution is 9.10. The first kappa shape index (κ1) is 13.1. The van der Waals surface area contributed by atoms with Crippen molar-refractivity contribution in [2.75, 3.05) is 0 Å². The lowest BCUT2D eigenvalue weighted by Crippen LogP contribution is -2.37. The third kappa shape index (κ3) is 3.57. The van der Waals surface area contributed by atoms with E-state index in [9.17, 15) is 9.59 Å². The number of benzene rings is 1.